The van der Waals surface area contributed by atoms with E-state index >= 15 is 0 Å². The summed E-state index contributed by atoms with van der Waals surface area (Å²) in [5, 5.41) is 39.4. The van der Waals surface area contributed by atoms with Crippen molar-refractivity contribution in [1.82, 2.24) is 9.80 Å². The highest BCUT2D eigenvalue weighted by Crippen LogP contribution is 2.12. The molecule has 2 aromatic carbocycles. The van der Waals surface area contributed by atoms with E-state index in [0.29, 0.717) is 35.1 Å². The van der Waals surface area contributed by atoms with E-state index in [2.05, 4.69) is 0 Å². The summed E-state index contributed by atoms with van der Waals surface area (Å²) in [7, 11) is -3.35. The first-order chi connectivity index (χ1) is 18.5. The van der Waals surface area contributed by atoms with Crippen LogP contribution in [0.1, 0.15) is 52.7 Å². The maximum Gasteiger partial charge on any atom is 0.488 e. The standard InChI is InChI=1S/C28H42B2N2O8/c1-27(2,3)39-25(33)19-31(17-21-11-7-9-13-23(21)29(35)36)15-16-32(20-26(34)40-28(4,5)6)18-22-12-8-10-14-24(22)30(37)38/h7-14,35-38H,15-20H2,1-6H3. The van der Waals surface area contributed by atoms with Crippen molar-refractivity contribution in [3.63, 3.8) is 0 Å². The lowest BCUT2D eigenvalue weighted by atomic mass is 9.77. The van der Waals surface area contributed by atoms with Gasteiger partial charge in [0.15, 0.2) is 0 Å². The highest BCUT2D eigenvalue weighted by atomic mass is 16.6. The van der Waals surface area contributed by atoms with E-state index in [4.69, 9.17) is 9.47 Å². The number of hydrogen-bond acceptors (Lipinski definition) is 10. The van der Waals surface area contributed by atoms with Crippen molar-refractivity contribution < 1.29 is 39.2 Å². The van der Waals surface area contributed by atoms with Crippen LogP contribution in [-0.2, 0) is 32.2 Å². The first kappa shape index (κ1) is 33.5. The van der Waals surface area contributed by atoms with E-state index in [0.717, 1.165) is 0 Å². The van der Waals surface area contributed by atoms with E-state index < -0.39 is 37.4 Å². The van der Waals surface area contributed by atoms with Crippen LogP contribution in [0.25, 0.3) is 0 Å². The molecule has 0 atom stereocenters. The smallest absolute Gasteiger partial charge is 0.459 e. The van der Waals surface area contributed by atoms with Crippen molar-refractivity contribution in [2.75, 3.05) is 26.2 Å². The van der Waals surface area contributed by atoms with Crippen LogP contribution >= 0.6 is 0 Å². The summed E-state index contributed by atoms with van der Waals surface area (Å²) in [4.78, 5) is 29.1. The molecule has 0 bridgehead atoms. The summed E-state index contributed by atoms with van der Waals surface area (Å²) in [6, 6.07) is 13.7. The van der Waals surface area contributed by atoms with Crippen LogP contribution < -0.4 is 10.9 Å². The number of ether oxygens (including phenoxy) is 2. The molecular weight excluding hydrogens is 514 g/mol. The predicted octanol–water partition coefficient (Wildman–Crippen LogP) is 0.0338. The van der Waals surface area contributed by atoms with Gasteiger partial charge in [-0.15, -0.1) is 0 Å². The van der Waals surface area contributed by atoms with Gasteiger partial charge < -0.3 is 29.6 Å². The SMILES string of the molecule is CC(C)(C)OC(=O)CN(CCN(CC(=O)OC(C)(C)C)Cc1ccccc1B(O)O)Cc1ccccc1B(O)O. The van der Waals surface area contributed by atoms with Crippen molar-refractivity contribution in [2.45, 2.75) is 65.8 Å². The van der Waals surface area contributed by atoms with E-state index in [1.807, 2.05) is 9.80 Å². The molecule has 0 spiro atoms. The van der Waals surface area contributed by atoms with Gasteiger partial charge in [0.05, 0.1) is 13.1 Å². The monoisotopic (exact) mass is 556 g/mol. The van der Waals surface area contributed by atoms with Crippen LogP contribution in [0.5, 0.6) is 0 Å². The third-order valence-electron chi connectivity index (χ3n) is 5.73. The Kier molecular flexibility index (Phi) is 12.4. The number of carbonyl (C=O) groups excluding carboxylic acids is 2. The van der Waals surface area contributed by atoms with Gasteiger partial charge in [-0.1, -0.05) is 48.5 Å². The van der Waals surface area contributed by atoms with Crippen LogP contribution in [-0.4, -0.2) is 93.5 Å². The molecule has 10 nitrogen and oxygen atoms in total. The molecule has 0 unspecified atom stereocenters. The number of carbonyl (C=O) groups is 2. The summed E-state index contributed by atoms with van der Waals surface area (Å²) in [6.45, 7) is 11.6. The molecule has 0 saturated heterocycles. The number of esters is 2. The second-order valence-corrected chi connectivity index (χ2v) is 11.7. The third kappa shape index (κ3) is 12.2. The minimum absolute atomic E-state index is 0.0701. The van der Waals surface area contributed by atoms with Gasteiger partial charge in [-0.3, -0.25) is 19.4 Å². The molecule has 0 aliphatic rings. The van der Waals surface area contributed by atoms with E-state index in [9.17, 15) is 29.7 Å². The zero-order chi connectivity index (χ0) is 30.1. The molecule has 2 aromatic rings. The van der Waals surface area contributed by atoms with Gasteiger partial charge in [-0.25, -0.2) is 0 Å². The van der Waals surface area contributed by atoms with Gasteiger partial charge in [0.1, 0.15) is 11.2 Å². The van der Waals surface area contributed by atoms with Crippen molar-refractivity contribution in [3.05, 3.63) is 59.7 Å². The lowest BCUT2D eigenvalue weighted by Crippen LogP contribution is -2.44. The average Bonchev–Trinajstić information content (AvgIpc) is 2.80. The first-order valence-electron chi connectivity index (χ1n) is 13.3. The maximum absolute atomic E-state index is 12.8. The summed E-state index contributed by atoms with van der Waals surface area (Å²) in [5.41, 5.74) is 0.558. The Balaban J connectivity index is 2.31. The molecular formula is C28H42B2N2O8. The largest absolute Gasteiger partial charge is 0.488 e. The molecule has 218 valence electrons. The second-order valence-electron chi connectivity index (χ2n) is 11.7. The Hall–Kier alpha value is -2.73. The first-order valence-corrected chi connectivity index (χ1v) is 13.3. The summed E-state index contributed by atoms with van der Waals surface area (Å²) in [6.07, 6.45) is 0. The van der Waals surface area contributed by atoms with E-state index in [-0.39, 0.29) is 26.2 Å². The Labute approximate surface area is 237 Å². The van der Waals surface area contributed by atoms with Gasteiger partial charge in [-0.2, -0.15) is 0 Å². The molecule has 0 amide bonds. The molecule has 4 N–H and O–H groups in total. The third-order valence-corrected chi connectivity index (χ3v) is 5.73. The average molecular weight is 556 g/mol. The summed E-state index contributed by atoms with van der Waals surface area (Å²) >= 11 is 0. The Morgan fingerprint density at radius 3 is 1.27 bits per heavy atom. The number of hydrogen-bond donors (Lipinski definition) is 4. The van der Waals surface area contributed by atoms with Crippen molar-refractivity contribution in [2.24, 2.45) is 0 Å². The number of rotatable bonds is 13. The fraction of sp³-hybridized carbons (Fsp3) is 0.500. The molecule has 0 aliphatic heterocycles. The van der Waals surface area contributed by atoms with Gasteiger partial charge in [0.2, 0.25) is 0 Å². The minimum Gasteiger partial charge on any atom is -0.459 e. The zero-order valence-electron chi connectivity index (χ0n) is 24.3. The van der Waals surface area contributed by atoms with Crippen molar-refractivity contribution in [1.29, 1.82) is 0 Å². The fourth-order valence-corrected chi connectivity index (χ4v) is 4.17. The Bertz CT molecular complexity index is 1030. The quantitative estimate of drug-likeness (QED) is 0.198. The van der Waals surface area contributed by atoms with Gasteiger partial charge in [-0.05, 0) is 63.6 Å². The van der Waals surface area contributed by atoms with E-state index in [1.54, 1.807) is 90.1 Å². The highest BCUT2D eigenvalue weighted by Gasteiger charge is 2.25. The lowest BCUT2D eigenvalue weighted by Gasteiger charge is -2.30. The molecule has 0 fully saturated rings. The zero-order valence-corrected chi connectivity index (χ0v) is 24.3. The normalized spacial score (nSPS) is 12.0. The van der Waals surface area contributed by atoms with E-state index in [1.165, 1.54) is 0 Å². The lowest BCUT2D eigenvalue weighted by molar-refractivity contribution is -0.158. The van der Waals surface area contributed by atoms with Crippen molar-refractivity contribution >= 4 is 37.1 Å². The topological polar surface area (TPSA) is 140 Å². The molecule has 0 radical (unpaired) electrons. The highest BCUT2D eigenvalue weighted by molar-refractivity contribution is 6.59. The molecule has 0 aromatic heterocycles. The number of benzene rings is 2. The van der Waals surface area contributed by atoms with Crippen LogP contribution in [0.2, 0.25) is 0 Å². The molecule has 0 saturated carbocycles. The molecule has 0 heterocycles. The predicted molar refractivity (Wildman–Crippen MR) is 155 cm³/mol. The summed E-state index contributed by atoms with van der Waals surface area (Å²) in [5.74, 6) is -0.885. The second kappa shape index (κ2) is 14.8. The van der Waals surface area contributed by atoms with Crippen LogP contribution in [0.3, 0.4) is 0 Å². The van der Waals surface area contributed by atoms with Crippen molar-refractivity contribution in [3.8, 4) is 0 Å². The Morgan fingerprint density at radius 1 is 0.650 bits per heavy atom. The minimum atomic E-state index is -1.68. The van der Waals surface area contributed by atoms with Crippen LogP contribution in [0.4, 0.5) is 0 Å². The van der Waals surface area contributed by atoms with Crippen LogP contribution in [0, 0.1) is 0 Å². The molecule has 2 rings (SSSR count). The van der Waals surface area contributed by atoms with Gasteiger partial charge in [0, 0.05) is 26.2 Å². The number of nitrogens with zero attached hydrogens (tertiary/aromatic N) is 2. The fourth-order valence-electron chi connectivity index (χ4n) is 4.17. The molecule has 12 heteroatoms. The van der Waals surface area contributed by atoms with Gasteiger partial charge in [0.25, 0.3) is 0 Å². The molecule has 40 heavy (non-hydrogen) atoms. The van der Waals surface area contributed by atoms with Crippen LogP contribution in [0.15, 0.2) is 48.5 Å². The Morgan fingerprint density at radius 2 is 0.975 bits per heavy atom. The summed E-state index contributed by atoms with van der Waals surface area (Å²) < 4.78 is 11.0. The van der Waals surface area contributed by atoms with Gasteiger partial charge >= 0.3 is 26.2 Å². The maximum atomic E-state index is 12.8. The molecule has 0 aliphatic carbocycles.